The summed E-state index contributed by atoms with van der Waals surface area (Å²) >= 11 is 0. The zero-order valence-corrected chi connectivity index (χ0v) is 12.9. The molecule has 0 aliphatic heterocycles. The molecule has 0 heterocycles. The normalized spacial score (nSPS) is 32.9. The van der Waals surface area contributed by atoms with E-state index >= 15 is 0 Å². The fourth-order valence-electron chi connectivity index (χ4n) is 4.92. The van der Waals surface area contributed by atoms with Gasteiger partial charge in [0, 0.05) is 12.0 Å². The number of Topliss-reactive ketones (excluding diaryl/α,β-unsaturated/α-hetero) is 1. The number of ketones is 1. The Bertz CT molecular complexity index is 612. The Balaban J connectivity index is 1.66. The molecule has 1 aromatic carbocycles. The van der Waals surface area contributed by atoms with Crippen molar-refractivity contribution in [2.45, 2.75) is 51.9 Å². The SMILES string of the molecule is CCCCc1ccc2c(c1)CC1(CC2=O)CC2C=CC1C2. The molecule has 3 aliphatic carbocycles. The Labute approximate surface area is 127 Å². The summed E-state index contributed by atoms with van der Waals surface area (Å²) in [7, 11) is 0. The van der Waals surface area contributed by atoms with E-state index in [1.54, 1.807) is 0 Å². The van der Waals surface area contributed by atoms with Gasteiger partial charge in [-0.3, -0.25) is 4.79 Å². The number of aryl methyl sites for hydroxylation is 1. The average Bonchev–Trinajstić information content (AvgIpc) is 3.05. The number of carbonyl (C=O) groups excluding carboxylic acids is 1. The number of fused-ring (bicyclic) bond motifs is 4. The largest absolute Gasteiger partial charge is 0.294 e. The van der Waals surface area contributed by atoms with Crippen molar-refractivity contribution in [1.82, 2.24) is 0 Å². The van der Waals surface area contributed by atoms with Gasteiger partial charge in [0.25, 0.3) is 0 Å². The number of benzene rings is 1. The van der Waals surface area contributed by atoms with E-state index in [0.717, 1.165) is 30.7 Å². The lowest BCUT2D eigenvalue weighted by molar-refractivity contribution is 0.0848. The highest BCUT2D eigenvalue weighted by Crippen LogP contribution is 2.57. The van der Waals surface area contributed by atoms with Crippen molar-refractivity contribution < 1.29 is 4.79 Å². The minimum Gasteiger partial charge on any atom is -0.294 e. The van der Waals surface area contributed by atoms with Gasteiger partial charge in [-0.05, 0) is 60.5 Å². The molecule has 3 aliphatic rings. The molecule has 4 rings (SSSR count). The van der Waals surface area contributed by atoms with Crippen LogP contribution in [0.4, 0.5) is 0 Å². The maximum Gasteiger partial charge on any atom is 0.163 e. The molecule has 3 atom stereocenters. The fourth-order valence-corrected chi connectivity index (χ4v) is 4.92. The third kappa shape index (κ3) is 2.09. The number of unbranched alkanes of at least 4 members (excludes halogenated alkanes) is 1. The van der Waals surface area contributed by atoms with E-state index < -0.39 is 0 Å². The van der Waals surface area contributed by atoms with Crippen LogP contribution in [0.2, 0.25) is 0 Å². The van der Waals surface area contributed by atoms with Crippen molar-refractivity contribution in [3.05, 3.63) is 47.0 Å². The van der Waals surface area contributed by atoms with Crippen molar-refractivity contribution in [3.8, 4) is 0 Å². The van der Waals surface area contributed by atoms with E-state index in [1.807, 2.05) is 0 Å². The summed E-state index contributed by atoms with van der Waals surface area (Å²) in [6.07, 6.45) is 12.8. The molecule has 1 fully saturated rings. The standard InChI is InChI=1S/C20H24O/c1-2-3-4-14-6-8-18-16(9-14)12-20(13-19(18)21)11-15-5-7-17(20)10-15/h5-9,15,17H,2-4,10-13H2,1H3. The van der Waals surface area contributed by atoms with Gasteiger partial charge in [-0.15, -0.1) is 0 Å². The molecule has 3 unspecified atom stereocenters. The molecule has 1 nitrogen and oxygen atoms in total. The molecular weight excluding hydrogens is 256 g/mol. The van der Waals surface area contributed by atoms with Gasteiger partial charge in [-0.25, -0.2) is 0 Å². The lowest BCUT2D eigenvalue weighted by Gasteiger charge is -2.39. The van der Waals surface area contributed by atoms with Crippen LogP contribution >= 0.6 is 0 Å². The summed E-state index contributed by atoms with van der Waals surface area (Å²) in [4.78, 5) is 12.6. The van der Waals surface area contributed by atoms with Crippen LogP contribution in [0.1, 0.15) is 60.5 Å². The lowest BCUT2D eigenvalue weighted by Crippen LogP contribution is -2.35. The highest BCUT2D eigenvalue weighted by atomic mass is 16.1. The molecule has 1 saturated carbocycles. The lowest BCUT2D eigenvalue weighted by atomic mass is 9.64. The Morgan fingerprint density at radius 3 is 2.86 bits per heavy atom. The van der Waals surface area contributed by atoms with Crippen molar-refractivity contribution >= 4 is 5.78 Å². The number of hydrogen-bond donors (Lipinski definition) is 0. The summed E-state index contributed by atoms with van der Waals surface area (Å²) in [6.45, 7) is 2.23. The average molecular weight is 280 g/mol. The highest BCUT2D eigenvalue weighted by Gasteiger charge is 2.51. The monoisotopic (exact) mass is 280 g/mol. The molecule has 0 aromatic heterocycles. The first-order valence-electron chi connectivity index (χ1n) is 8.53. The summed E-state index contributed by atoms with van der Waals surface area (Å²) in [5.41, 5.74) is 4.01. The molecule has 1 spiro atoms. The molecule has 110 valence electrons. The van der Waals surface area contributed by atoms with Crippen LogP contribution in [0.25, 0.3) is 0 Å². The maximum absolute atomic E-state index is 12.6. The molecule has 0 radical (unpaired) electrons. The van der Waals surface area contributed by atoms with Crippen molar-refractivity contribution in [2.24, 2.45) is 17.3 Å². The smallest absolute Gasteiger partial charge is 0.163 e. The van der Waals surface area contributed by atoms with Crippen LogP contribution in [-0.2, 0) is 12.8 Å². The third-order valence-corrected chi connectivity index (χ3v) is 5.97. The fraction of sp³-hybridized carbons (Fsp3) is 0.550. The van der Waals surface area contributed by atoms with Gasteiger partial charge in [0.05, 0.1) is 0 Å². The van der Waals surface area contributed by atoms with E-state index in [9.17, 15) is 4.79 Å². The van der Waals surface area contributed by atoms with Crippen molar-refractivity contribution in [2.75, 3.05) is 0 Å². The molecule has 0 N–H and O–H groups in total. The van der Waals surface area contributed by atoms with Crippen molar-refractivity contribution in [1.29, 1.82) is 0 Å². The van der Waals surface area contributed by atoms with E-state index in [0.29, 0.717) is 11.7 Å². The summed E-state index contributed by atoms with van der Waals surface area (Å²) < 4.78 is 0. The van der Waals surface area contributed by atoms with Gasteiger partial charge in [0.2, 0.25) is 0 Å². The first kappa shape index (κ1) is 13.3. The summed E-state index contributed by atoms with van der Waals surface area (Å²) in [5, 5.41) is 0. The van der Waals surface area contributed by atoms with Gasteiger partial charge in [-0.2, -0.15) is 0 Å². The molecular formula is C20H24O. The topological polar surface area (TPSA) is 17.1 Å². The Kier molecular flexibility index (Phi) is 3.06. The van der Waals surface area contributed by atoms with E-state index in [-0.39, 0.29) is 5.41 Å². The molecule has 2 bridgehead atoms. The highest BCUT2D eigenvalue weighted by molar-refractivity contribution is 5.99. The Hall–Kier alpha value is -1.37. The molecule has 1 aromatic rings. The van der Waals surface area contributed by atoms with Gasteiger partial charge in [0.15, 0.2) is 5.78 Å². The summed E-state index contributed by atoms with van der Waals surface area (Å²) in [6, 6.07) is 6.60. The van der Waals surface area contributed by atoms with Gasteiger partial charge in [-0.1, -0.05) is 43.7 Å². The molecule has 0 amide bonds. The van der Waals surface area contributed by atoms with Crippen LogP contribution < -0.4 is 0 Å². The minimum absolute atomic E-state index is 0.257. The molecule has 21 heavy (non-hydrogen) atoms. The van der Waals surface area contributed by atoms with Crippen LogP contribution in [0.3, 0.4) is 0 Å². The number of allylic oxidation sites excluding steroid dienone is 2. The summed E-state index contributed by atoms with van der Waals surface area (Å²) in [5.74, 6) is 1.78. The van der Waals surface area contributed by atoms with E-state index in [1.165, 1.54) is 36.8 Å². The zero-order chi connectivity index (χ0) is 14.4. The van der Waals surface area contributed by atoms with E-state index in [4.69, 9.17) is 0 Å². The second-order valence-electron chi connectivity index (χ2n) is 7.43. The van der Waals surface area contributed by atoms with Gasteiger partial charge in [0.1, 0.15) is 0 Å². The minimum atomic E-state index is 0.257. The quantitative estimate of drug-likeness (QED) is 0.731. The zero-order valence-electron chi connectivity index (χ0n) is 12.9. The number of carbonyl (C=O) groups is 1. The van der Waals surface area contributed by atoms with Gasteiger partial charge < -0.3 is 0 Å². The predicted octanol–water partition coefficient (Wildman–Crippen LogP) is 4.74. The van der Waals surface area contributed by atoms with Crippen LogP contribution in [0.5, 0.6) is 0 Å². The van der Waals surface area contributed by atoms with Crippen molar-refractivity contribution in [3.63, 3.8) is 0 Å². The second kappa shape index (κ2) is 4.83. The molecule has 1 heteroatoms. The predicted molar refractivity (Wildman–Crippen MR) is 85.5 cm³/mol. The van der Waals surface area contributed by atoms with Gasteiger partial charge >= 0.3 is 0 Å². The van der Waals surface area contributed by atoms with E-state index in [2.05, 4.69) is 37.3 Å². The van der Waals surface area contributed by atoms with Crippen LogP contribution in [-0.4, -0.2) is 5.78 Å². The second-order valence-corrected chi connectivity index (χ2v) is 7.43. The molecule has 0 saturated heterocycles. The first-order valence-corrected chi connectivity index (χ1v) is 8.53. The Morgan fingerprint density at radius 1 is 1.24 bits per heavy atom. The maximum atomic E-state index is 12.6. The number of rotatable bonds is 3. The Morgan fingerprint density at radius 2 is 2.14 bits per heavy atom. The number of hydrogen-bond acceptors (Lipinski definition) is 1. The van der Waals surface area contributed by atoms with Crippen LogP contribution in [0.15, 0.2) is 30.4 Å². The first-order chi connectivity index (χ1) is 10.2. The third-order valence-electron chi connectivity index (χ3n) is 5.97. The van der Waals surface area contributed by atoms with Crippen LogP contribution in [0, 0.1) is 17.3 Å².